The lowest BCUT2D eigenvalue weighted by Crippen LogP contribution is -2.40. The number of methoxy groups -OCH3 is 1. The number of aliphatic hydroxyl groups excluding tert-OH is 1. The van der Waals surface area contributed by atoms with Crippen LogP contribution < -0.4 is 0 Å². The number of aliphatic hydroxyl groups is 1. The molecule has 2 nitrogen and oxygen atoms in total. The summed E-state index contributed by atoms with van der Waals surface area (Å²) in [5.41, 5.74) is -0.0719. The molecular weight excluding hydrogens is 322 g/mol. The van der Waals surface area contributed by atoms with Crippen LogP contribution in [0.1, 0.15) is 37.4 Å². The smallest absolute Gasteiger partial charge is 0.130 e. The molecule has 100 valence electrons. The Bertz CT molecular complexity index is 443. The highest BCUT2D eigenvalue weighted by atomic mass is 79.9. The Labute approximate surface area is 119 Å². The van der Waals surface area contributed by atoms with Gasteiger partial charge in [0.15, 0.2) is 0 Å². The largest absolute Gasteiger partial charge is 0.388 e. The van der Waals surface area contributed by atoms with Crippen LogP contribution in [0.15, 0.2) is 16.6 Å². The molecule has 1 unspecified atom stereocenters. The first-order valence-corrected chi connectivity index (χ1v) is 7.02. The van der Waals surface area contributed by atoms with E-state index in [0.717, 1.165) is 19.3 Å². The molecule has 0 spiro atoms. The zero-order valence-electron chi connectivity index (χ0n) is 10.0. The van der Waals surface area contributed by atoms with E-state index >= 15 is 0 Å². The summed E-state index contributed by atoms with van der Waals surface area (Å²) in [5.74, 6) is -0.454. The van der Waals surface area contributed by atoms with Crippen molar-refractivity contribution in [3.63, 3.8) is 0 Å². The third-order valence-corrected chi connectivity index (χ3v) is 4.86. The molecule has 1 aromatic rings. The molecule has 1 fully saturated rings. The Balaban J connectivity index is 2.18. The molecule has 0 amide bonds. The first-order chi connectivity index (χ1) is 8.47. The predicted molar refractivity (Wildman–Crippen MR) is 72.3 cm³/mol. The molecule has 5 heteroatoms. The van der Waals surface area contributed by atoms with Crippen LogP contribution in [0, 0.1) is 5.82 Å². The molecule has 18 heavy (non-hydrogen) atoms. The topological polar surface area (TPSA) is 29.5 Å². The van der Waals surface area contributed by atoms with Crippen LogP contribution in [0.4, 0.5) is 4.39 Å². The van der Waals surface area contributed by atoms with Gasteiger partial charge in [-0.25, -0.2) is 4.39 Å². The SMILES string of the molecule is COC1(CC(O)c2cc(Cl)c(Br)cc2F)CCC1. The van der Waals surface area contributed by atoms with E-state index in [1.807, 2.05) is 0 Å². The Kier molecular flexibility index (Phi) is 4.32. The van der Waals surface area contributed by atoms with Crippen molar-refractivity contribution in [1.82, 2.24) is 0 Å². The zero-order chi connectivity index (χ0) is 13.3. The maximum atomic E-state index is 13.8. The van der Waals surface area contributed by atoms with E-state index in [1.54, 1.807) is 7.11 Å². The highest BCUT2D eigenvalue weighted by Gasteiger charge is 2.39. The molecule has 1 aliphatic carbocycles. The Morgan fingerprint density at radius 1 is 1.56 bits per heavy atom. The third-order valence-electron chi connectivity index (χ3n) is 3.66. The molecule has 1 N–H and O–H groups in total. The average Bonchev–Trinajstić information content (AvgIpc) is 2.28. The average molecular weight is 338 g/mol. The van der Waals surface area contributed by atoms with Crippen molar-refractivity contribution in [2.24, 2.45) is 0 Å². The Morgan fingerprint density at radius 3 is 2.72 bits per heavy atom. The second-order valence-corrected chi connectivity index (χ2v) is 6.01. The van der Waals surface area contributed by atoms with Gasteiger partial charge < -0.3 is 9.84 Å². The van der Waals surface area contributed by atoms with Gasteiger partial charge in [0.2, 0.25) is 0 Å². The van der Waals surface area contributed by atoms with E-state index < -0.39 is 11.9 Å². The molecule has 0 saturated heterocycles. The lowest BCUT2D eigenvalue weighted by atomic mass is 9.75. The summed E-state index contributed by atoms with van der Waals surface area (Å²) in [4.78, 5) is 0. The third kappa shape index (κ3) is 2.72. The van der Waals surface area contributed by atoms with Gasteiger partial charge in [0.1, 0.15) is 5.82 Å². The summed E-state index contributed by atoms with van der Waals surface area (Å²) in [5, 5.41) is 10.5. The Morgan fingerprint density at radius 2 is 2.22 bits per heavy atom. The minimum Gasteiger partial charge on any atom is -0.388 e. The highest BCUT2D eigenvalue weighted by molar-refractivity contribution is 9.10. The van der Waals surface area contributed by atoms with E-state index in [2.05, 4.69) is 15.9 Å². The van der Waals surface area contributed by atoms with Crippen LogP contribution in [0.3, 0.4) is 0 Å². The van der Waals surface area contributed by atoms with Gasteiger partial charge in [-0.1, -0.05) is 11.6 Å². The van der Waals surface area contributed by atoms with Crippen LogP contribution >= 0.6 is 27.5 Å². The molecule has 1 aromatic carbocycles. The van der Waals surface area contributed by atoms with E-state index in [9.17, 15) is 9.50 Å². The molecule has 0 aromatic heterocycles. The predicted octanol–water partition coefficient (Wildman–Crippen LogP) is 4.23. The van der Waals surface area contributed by atoms with Crippen molar-refractivity contribution < 1.29 is 14.2 Å². The monoisotopic (exact) mass is 336 g/mol. The summed E-state index contributed by atoms with van der Waals surface area (Å²) >= 11 is 9.08. The van der Waals surface area contributed by atoms with Crippen molar-refractivity contribution >= 4 is 27.5 Å². The molecule has 0 aliphatic heterocycles. The van der Waals surface area contributed by atoms with Crippen molar-refractivity contribution in [2.75, 3.05) is 7.11 Å². The Hall–Kier alpha value is -0.160. The van der Waals surface area contributed by atoms with Crippen LogP contribution in [0.25, 0.3) is 0 Å². The number of rotatable bonds is 4. The fourth-order valence-corrected chi connectivity index (χ4v) is 2.81. The van der Waals surface area contributed by atoms with Crippen LogP contribution in [0.5, 0.6) is 0 Å². The summed E-state index contributed by atoms with van der Waals surface area (Å²) < 4.78 is 19.7. The van der Waals surface area contributed by atoms with Crippen molar-refractivity contribution in [2.45, 2.75) is 37.4 Å². The highest BCUT2D eigenvalue weighted by Crippen LogP contribution is 2.42. The molecule has 1 atom stereocenters. The summed E-state index contributed by atoms with van der Waals surface area (Å²) in [6, 6.07) is 2.74. The molecule has 0 radical (unpaired) electrons. The maximum Gasteiger partial charge on any atom is 0.130 e. The zero-order valence-corrected chi connectivity index (χ0v) is 12.4. The van der Waals surface area contributed by atoms with Crippen molar-refractivity contribution in [1.29, 1.82) is 0 Å². The van der Waals surface area contributed by atoms with Gasteiger partial charge in [-0.15, -0.1) is 0 Å². The van der Waals surface area contributed by atoms with Crippen LogP contribution in [-0.4, -0.2) is 17.8 Å². The van der Waals surface area contributed by atoms with E-state index in [-0.39, 0.29) is 11.2 Å². The van der Waals surface area contributed by atoms with Gasteiger partial charge in [-0.05, 0) is 47.3 Å². The van der Waals surface area contributed by atoms with Crippen LogP contribution in [-0.2, 0) is 4.74 Å². The number of benzene rings is 1. The molecular formula is C13H15BrClFO2. The molecule has 1 saturated carbocycles. The molecule has 0 heterocycles. The van der Waals surface area contributed by atoms with Gasteiger partial charge in [-0.3, -0.25) is 0 Å². The number of halogens is 3. The van der Waals surface area contributed by atoms with Crippen LogP contribution in [0.2, 0.25) is 5.02 Å². The van der Waals surface area contributed by atoms with Crippen molar-refractivity contribution in [3.05, 3.63) is 33.0 Å². The summed E-state index contributed by atoms with van der Waals surface area (Å²) in [6.45, 7) is 0. The van der Waals surface area contributed by atoms with E-state index in [1.165, 1.54) is 12.1 Å². The fraction of sp³-hybridized carbons (Fsp3) is 0.538. The first-order valence-electron chi connectivity index (χ1n) is 5.85. The second kappa shape index (κ2) is 5.45. The lowest BCUT2D eigenvalue weighted by molar-refractivity contribution is -0.100. The fourth-order valence-electron chi connectivity index (χ4n) is 2.32. The van der Waals surface area contributed by atoms with Gasteiger partial charge >= 0.3 is 0 Å². The standard InChI is InChI=1S/C13H15BrClFO2/c1-18-13(3-2-4-13)7-12(17)8-5-10(15)9(14)6-11(8)16/h5-6,12,17H,2-4,7H2,1H3. The first kappa shape index (κ1) is 14.3. The number of ether oxygens (including phenoxy) is 1. The molecule has 0 bridgehead atoms. The molecule has 2 rings (SSSR count). The minimum atomic E-state index is -0.893. The lowest BCUT2D eigenvalue weighted by Gasteiger charge is -2.41. The van der Waals surface area contributed by atoms with E-state index in [4.69, 9.17) is 16.3 Å². The summed E-state index contributed by atoms with van der Waals surface area (Å²) in [6.07, 6.45) is 2.41. The number of hydrogen-bond acceptors (Lipinski definition) is 2. The number of hydrogen-bond donors (Lipinski definition) is 1. The maximum absolute atomic E-state index is 13.8. The quantitative estimate of drug-likeness (QED) is 0.833. The molecule has 1 aliphatic rings. The van der Waals surface area contributed by atoms with Gasteiger partial charge in [0, 0.05) is 23.6 Å². The van der Waals surface area contributed by atoms with E-state index in [0.29, 0.717) is 15.9 Å². The summed E-state index contributed by atoms with van der Waals surface area (Å²) in [7, 11) is 1.64. The van der Waals surface area contributed by atoms with Crippen molar-refractivity contribution in [3.8, 4) is 0 Å². The van der Waals surface area contributed by atoms with Gasteiger partial charge in [-0.2, -0.15) is 0 Å². The second-order valence-electron chi connectivity index (χ2n) is 4.75. The van der Waals surface area contributed by atoms with Gasteiger partial charge in [0.25, 0.3) is 0 Å². The minimum absolute atomic E-state index is 0.228. The normalized spacial score (nSPS) is 19.4. The van der Waals surface area contributed by atoms with Gasteiger partial charge in [0.05, 0.1) is 16.7 Å².